The fourth-order valence-electron chi connectivity index (χ4n) is 1.05. The number of carbonyl (C=O) groups excluding carboxylic acids is 1. The van der Waals surface area contributed by atoms with Gasteiger partial charge in [0.1, 0.15) is 0 Å². The van der Waals surface area contributed by atoms with Gasteiger partial charge in [0.2, 0.25) is 5.91 Å². The van der Waals surface area contributed by atoms with Crippen molar-refractivity contribution in [1.29, 1.82) is 0 Å². The Morgan fingerprint density at radius 3 is 3.08 bits per heavy atom. The molecule has 3 N–H and O–H groups in total. The monoisotopic (exact) mass is 182 g/mol. The second kappa shape index (κ2) is 5.37. The molecule has 0 aliphatic carbocycles. The highest BCUT2D eigenvalue weighted by atomic mass is 16.3. The first-order valence-corrected chi connectivity index (χ1v) is 4.33. The predicted molar refractivity (Wildman–Crippen MR) is 49.2 cm³/mol. The highest BCUT2D eigenvalue weighted by Crippen LogP contribution is 1.93. The van der Waals surface area contributed by atoms with Crippen LogP contribution >= 0.6 is 0 Å². The summed E-state index contributed by atoms with van der Waals surface area (Å²) in [6, 6.07) is 3.89. The molecule has 0 spiro atoms. The van der Waals surface area contributed by atoms with Crippen LogP contribution in [-0.4, -0.2) is 29.1 Å². The molecule has 1 rings (SSSR count). The Morgan fingerprint density at radius 2 is 2.46 bits per heavy atom. The number of amides is 1. The highest BCUT2D eigenvalue weighted by molar-refractivity contribution is 5.75. The van der Waals surface area contributed by atoms with Crippen LogP contribution < -0.4 is 5.32 Å². The molecule has 0 aliphatic heterocycles. The van der Waals surface area contributed by atoms with Crippen molar-refractivity contribution in [2.24, 2.45) is 0 Å². The largest absolute Gasteiger partial charge is 0.396 e. The van der Waals surface area contributed by atoms with E-state index in [0.29, 0.717) is 6.54 Å². The van der Waals surface area contributed by atoms with Crippen molar-refractivity contribution >= 4 is 5.91 Å². The third kappa shape index (κ3) is 3.75. The maximum Gasteiger partial charge on any atom is 0.222 e. The molecular weight excluding hydrogens is 168 g/mol. The summed E-state index contributed by atoms with van der Waals surface area (Å²) in [7, 11) is 0. The first-order chi connectivity index (χ1) is 6.33. The maximum absolute atomic E-state index is 10.9. The number of aliphatic hydroxyl groups excluding tert-OH is 1. The zero-order valence-electron chi connectivity index (χ0n) is 7.42. The Kier molecular flexibility index (Phi) is 4.05. The lowest BCUT2D eigenvalue weighted by molar-refractivity contribution is -0.121. The van der Waals surface area contributed by atoms with Crippen molar-refractivity contribution in [1.82, 2.24) is 10.3 Å². The standard InChI is InChI=1S/C9H14N2O2/c12-7-4-9(13)11-6-3-8-2-1-5-10-8/h1-2,5,10,12H,3-4,6-7H2,(H,11,13). The number of hydrogen-bond donors (Lipinski definition) is 3. The molecule has 0 aromatic carbocycles. The number of carbonyl (C=O) groups is 1. The van der Waals surface area contributed by atoms with Crippen molar-refractivity contribution in [2.45, 2.75) is 12.8 Å². The summed E-state index contributed by atoms with van der Waals surface area (Å²) in [6.07, 6.45) is 2.83. The number of aromatic amines is 1. The summed E-state index contributed by atoms with van der Waals surface area (Å²) >= 11 is 0. The topological polar surface area (TPSA) is 65.1 Å². The van der Waals surface area contributed by atoms with Gasteiger partial charge < -0.3 is 15.4 Å². The normalized spacial score (nSPS) is 9.92. The van der Waals surface area contributed by atoms with Crippen molar-refractivity contribution in [3.8, 4) is 0 Å². The number of rotatable bonds is 5. The molecule has 0 aliphatic rings. The van der Waals surface area contributed by atoms with Gasteiger partial charge in [0.25, 0.3) is 0 Å². The van der Waals surface area contributed by atoms with Gasteiger partial charge >= 0.3 is 0 Å². The number of nitrogens with one attached hydrogen (secondary N) is 2. The SMILES string of the molecule is O=C(CCO)NCCc1ccc[nH]1. The molecule has 13 heavy (non-hydrogen) atoms. The number of H-pyrrole nitrogens is 1. The molecule has 0 radical (unpaired) electrons. The van der Waals surface area contributed by atoms with Crippen LogP contribution in [0.2, 0.25) is 0 Å². The van der Waals surface area contributed by atoms with Gasteiger partial charge in [-0.1, -0.05) is 0 Å². The molecule has 0 atom stereocenters. The third-order valence-electron chi connectivity index (χ3n) is 1.72. The van der Waals surface area contributed by atoms with Gasteiger partial charge in [-0.2, -0.15) is 0 Å². The van der Waals surface area contributed by atoms with E-state index in [-0.39, 0.29) is 18.9 Å². The van der Waals surface area contributed by atoms with Gasteiger partial charge in [-0.25, -0.2) is 0 Å². The van der Waals surface area contributed by atoms with Crippen LogP contribution in [0.4, 0.5) is 0 Å². The Balaban J connectivity index is 2.11. The van der Waals surface area contributed by atoms with E-state index in [1.807, 2.05) is 18.3 Å². The fourth-order valence-corrected chi connectivity index (χ4v) is 1.05. The van der Waals surface area contributed by atoms with Crippen LogP contribution in [0.15, 0.2) is 18.3 Å². The summed E-state index contributed by atoms with van der Waals surface area (Å²) < 4.78 is 0. The smallest absolute Gasteiger partial charge is 0.222 e. The molecule has 4 nitrogen and oxygen atoms in total. The zero-order chi connectivity index (χ0) is 9.52. The minimum Gasteiger partial charge on any atom is -0.396 e. The highest BCUT2D eigenvalue weighted by Gasteiger charge is 1.98. The van der Waals surface area contributed by atoms with Gasteiger partial charge in [-0.05, 0) is 12.1 Å². The van der Waals surface area contributed by atoms with Gasteiger partial charge in [0.05, 0.1) is 6.61 Å². The molecule has 4 heteroatoms. The van der Waals surface area contributed by atoms with E-state index < -0.39 is 0 Å². The molecule has 0 unspecified atom stereocenters. The van der Waals surface area contributed by atoms with Crippen molar-refractivity contribution in [3.63, 3.8) is 0 Å². The Labute approximate surface area is 77.0 Å². The van der Waals surface area contributed by atoms with E-state index in [2.05, 4.69) is 10.3 Å². The Morgan fingerprint density at radius 1 is 1.62 bits per heavy atom. The second-order valence-electron chi connectivity index (χ2n) is 2.77. The van der Waals surface area contributed by atoms with E-state index >= 15 is 0 Å². The average molecular weight is 182 g/mol. The van der Waals surface area contributed by atoms with Crippen molar-refractivity contribution < 1.29 is 9.90 Å². The average Bonchev–Trinajstić information content (AvgIpc) is 2.57. The first kappa shape index (κ1) is 9.80. The van der Waals surface area contributed by atoms with Gasteiger partial charge in [0.15, 0.2) is 0 Å². The Hall–Kier alpha value is -1.29. The molecule has 0 saturated heterocycles. The van der Waals surface area contributed by atoms with E-state index in [4.69, 9.17) is 5.11 Å². The van der Waals surface area contributed by atoms with Crippen LogP contribution in [0.25, 0.3) is 0 Å². The fraction of sp³-hybridized carbons (Fsp3) is 0.444. The van der Waals surface area contributed by atoms with Gasteiger partial charge in [-0.3, -0.25) is 4.79 Å². The van der Waals surface area contributed by atoms with Crippen LogP contribution in [0.5, 0.6) is 0 Å². The second-order valence-corrected chi connectivity index (χ2v) is 2.77. The zero-order valence-corrected chi connectivity index (χ0v) is 7.42. The summed E-state index contributed by atoms with van der Waals surface area (Å²) in [5.74, 6) is -0.103. The summed E-state index contributed by atoms with van der Waals surface area (Å²) in [4.78, 5) is 13.9. The van der Waals surface area contributed by atoms with E-state index in [9.17, 15) is 4.79 Å². The quantitative estimate of drug-likeness (QED) is 0.602. The van der Waals surface area contributed by atoms with Gasteiger partial charge in [0, 0.05) is 31.3 Å². The lowest BCUT2D eigenvalue weighted by Crippen LogP contribution is -2.26. The Bertz CT molecular complexity index is 244. The molecule has 1 aromatic rings. The van der Waals surface area contributed by atoms with E-state index in [1.165, 1.54) is 0 Å². The summed E-state index contributed by atoms with van der Waals surface area (Å²) in [5.41, 5.74) is 1.10. The minimum atomic E-state index is -0.103. The minimum absolute atomic E-state index is 0.0890. The molecule has 72 valence electrons. The van der Waals surface area contributed by atoms with E-state index in [0.717, 1.165) is 12.1 Å². The molecule has 1 heterocycles. The lowest BCUT2D eigenvalue weighted by Gasteiger charge is -2.02. The molecule has 0 saturated carbocycles. The molecule has 0 fully saturated rings. The van der Waals surface area contributed by atoms with Crippen LogP contribution in [-0.2, 0) is 11.2 Å². The van der Waals surface area contributed by atoms with Crippen molar-refractivity contribution in [2.75, 3.05) is 13.2 Å². The van der Waals surface area contributed by atoms with E-state index in [1.54, 1.807) is 0 Å². The number of aromatic nitrogens is 1. The first-order valence-electron chi connectivity index (χ1n) is 4.33. The summed E-state index contributed by atoms with van der Waals surface area (Å²) in [5, 5.41) is 11.2. The molecular formula is C9H14N2O2. The van der Waals surface area contributed by atoms with Gasteiger partial charge in [-0.15, -0.1) is 0 Å². The third-order valence-corrected chi connectivity index (χ3v) is 1.72. The maximum atomic E-state index is 10.9. The number of hydrogen-bond acceptors (Lipinski definition) is 2. The van der Waals surface area contributed by atoms with Crippen LogP contribution in [0, 0.1) is 0 Å². The lowest BCUT2D eigenvalue weighted by atomic mass is 10.3. The molecule has 1 aromatic heterocycles. The van der Waals surface area contributed by atoms with Crippen LogP contribution in [0.3, 0.4) is 0 Å². The summed E-state index contributed by atoms with van der Waals surface area (Å²) in [6.45, 7) is 0.522. The van der Waals surface area contributed by atoms with Crippen molar-refractivity contribution in [3.05, 3.63) is 24.0 Å². The predicted octanol–water partition coefficient (Wildman–Crippen LogP) is 0.0558. The van der Waals surface area contributed by atoms with Crippen LogP contribution in [0.1, 0.15) is 12.1 Å². The molecule has 0 bridgehead atoms. The number of aliphatic hydroxyl groups is 1. The molecule has 1 amide bonds.